The topological polar surface area (TPSA) is 62.2 Å². The number of aromatic nitrogens is 1. The molecule has 2 N–H and O–H groups in total. The minimum Gasteiger partial charge on any atom is -0.478 e. The van der Waals surface area contributed by atoms with E-state index in [1.54, 1.807) is 18.3 Å². The van der Waals surface area contributed by atoms with Crippen LogP contribution in [0, 0.1) is 0 Å². The molecule has 0 aliphatic rings. The van der Waals surface area contributed by atoms with E-state index in [2.05, 4.69) is 10.3 Å². The summed E-state index contributed by atoms with van der Waals surface area (Å²) in [5.74, 6) is -1.04. The number of benzene rings is 1. The van der Waals surface area contributed by atoms with E-state index in [1.165, 1.54) is 17.4 Å². The Morgan fingerprint density at radius 2 is 2.31 bits per heavy atom. The second-order valence-corrected chi connectivity index (χ2v) is 4.26. The van der Waals surface area contributed by atoms with Crippen molar-refractivity contribution >= 4 is 39.7 Å². The average Bonchev–Trinajstić information content (AvgIpc) is 2.70. The molecule has 1 aromatic heterocycles. The molecule has 0 saturated heterocycles. The highest BCUT2D eigenvalue weighted by atomic mass is 35.5. The zero-order chi connectivity index (χ0) is 11.5. The number of carboxylic acid groups (broad SMARTS) is 1. The molecule has 1 aromatic carbocycles. The van der Waals surface area contributed by atoms with Gasteiger partial charge in [-0.2, -0.15) is 0 Å². The number of aromatic carboxylic acids is 1. The SMILES string of the molecule is O=C(O)c1ccc(Nc2nccs2)cc1Cl. The minimum atomic E-state index is -1.04. The highest BCUT2D eigenvalue weighted by molar-refractivity contribution is 7.13. The highest BCUT2D eigenvalue weighted by Gasteiger charge is 2.08. The fourth-order valence-corrected chi connectivity index (χ4v) is 1.99. The van der Waals surface area contributed by atoms with Gasteiger partial charge in [0.15, 0.2) is 5.13 Å². The lowest BCUT2D eigenvalue weighted by molar-refractivity contribution is 0.0697. The Morgan fingerprint density at radius 1 is 1.50 bits per heavy atom. The Hall–Kier alpha value is -1.59. The van der Waals surface area contributed by atoms with E-state index in [4.69, 9.17) is 16.7 Å². The van der Waals surface area contributed by atoms with E-state index >= 15 is 0 Å². The van der Waals surface area contributed by atoms with Crippen molar-refractivity contribution in [1.82, 2.24) is 4.98 Å². The molecule has 16 heavy (non-hydrogen) atoms. The number of carboxylic acids is 1. The Labute approximate surface area is 101 Å². The number of anilines is 2. The van der Waals surface area contributed by atoms with Crippen LogP contribution in [0.3, 0.4) is 0 Å². The largest absolute Gasteiger partial charge is 0.478 e. The second kappa shape index (κ2) is 4.51. The molecule has 0 spiro atoms. The van der Waals surface area contributed by atoms with Crippen LogP contribution in [0.15, 0.2) is 29.8 Å². The summed E-state index contributed by atoms with van der Waals surface area (Å²) in [5.41, 5.74) is 0.802. The average molecular weight is 255 g/mol. The molecule has 0 bridgehead atoms. The molecule has 0 radical (unpaired) electrons. The van der Waals surface area contributed by atoms with Gasteiger partial charge in [-0.3, -0.25) is 0 Å². The fraction of sp³-hybridized carbons (Fsp3) is 0. The van der Waals surface area contributed by atoms with Crippen LogP contribution in [0.25, 0.3) is 0 Å². The summed E-state index contributed by atoms with van der Waals surface area (Å²) in [5, 5.41) is 14.6. The number of rotatable bonds is 3. The third-order valence-corrected chi connectivity index (χ3v) is 2.88. The number of nitrogens with zero attached hydrogens (tertiary/aromatic N) is 1. The van der Waals surface area contributed by atoms with Gasteiger partial charge < -0.3 is 10.4 Å². The molecule has 0 unspecified atom stereocenters. The van der Waals surface area contributed by atoms with Crippen molar-refractivity contribution in [2.24, 2.45) is 0 Å². The molecule has 6 heteroatoms. The summed E-state index contributed by atoms with van der Waals surface area (Å²) in [6, 6.07) is 4.67. The molecule has 0 aliphatic carbocycles. The van der Waals surface area contributed by atoms with Gasteiger partial charge in [0.1, 0.15) is 0 Å². The molecule has 0 aliphatic heterocycles. The van der Waals surface area contributed by atoms with Gasteiger partial charge in [-0.25, -0.2) is 9.78 Å². The van der Waals surface area contributed by atoms with Gasteiger partial charge in [0.25, 0.3) is 0 Å². The first-order chi connectivity index (χ1) is 7.66. The molecule has 4 nitrogen and oxygen atoms in total. The van der Waals surface area contributed by atoms with Crippen molar-refractivity contribution in [3.05, 3.63) is 40.4 Å². The van der Waals surface area contributed by atoms with E-state index in [1.807, 2.05) is 5.38 Å². The molecular formula is C10H7ClN2O2S. The van der Waals surface area contributed by atoms with E-state index < -0.39 is 5.97 Å². The molecule has 2 rings (SSSR count). The van der Waals surface area contributed by atoms with Crippen LogP contribution in [0.2, 0.25) is 5.02 Å². The van der Waals surface area contributed by atoms with E-state index in [-0.39, 0.29) is 10.6 Å². The van der Waals surface area contributed by atoms with Crippen molar-refractivity contribution in [1.29, 1.82) is 0 Å². The van der Waals surface area contributed by atoms with Crippen molar-refractivity contribution in [2.75, 3.05) is 5.32 Å². The maximum absolute atomic E-state index is 10.7. The van der Waals surface area contributed by atoms with Crippen LogP contribution in [-0.2, 0) is 0 Å². The Bertz CT molecular complexity index is 514. The van der Waals surface area contributed by atoms with Crippen molar-refractivity contribution in [3.63, 3.8) is 0 Å². The van der Waals surface area contributed by atoms with Crippen molar-refractivity contribution < 1.29 is 9.90 Å². The number of carbonyl (C=O) groups is 1. The number of nitrogens with one attached hydrogen (secondary N) is 1. The maximum Gasteiger partial charge on any atom is 0.337 e. The lowest BCUT2D eigenvalue weighted by Crippen LogP contribution is -1.98. The zero-order valence-corrected chi connectivity index (χ0v) is 9.55. The Morgan fingerprint density at radius 3 is 2.88 bits per heavy atom. The molecule has 0 fully saturated rings. The van der Waals surface area contributed by atoms with Crippen LogP contribution in [-0.4, -0.2) is 16.1 Å². The summed E-state index contributed by atoms with van der Waals surface area (Å²) >= 11 is 7.28. The summed E-state index contributed by atoms with van der Waals surface area (Å²) < 4.78 is 0. The third kappa shape index (κ3) is 2.32. The molecular weight excluding hydrogens is 248 g/mol. The van der Waals surface area contributed by atoms with Gasteiger partial charge in [0, 0.05) is 17.3 Å². The van der Waals surface area contributed by atoms with Gasteiger partial charge in [0.2, 0.25) is 0 Å². The summed E-state index contributed by atoms with van der Waals surface area (Å²) in [6.07, 6.45) is 1.68. The third-order valence-electron chi connectivity index (χ3n) is 1.88. The van der Waals surface area contributed by atoms with Gasteiger partial charge >= 0.3 is 5.97 Å². The summed E-state index contributed by atoms with van der Waals surface area (Å²) in [6.45, 7) is 0. The van der Waals surface area contributed by atoms with Crippen LogP contribution >= 0.6 is 22.9 Å². The second-order valence-electron chi connectivity index (χ2n) is 2.96. The number of thiazole rings is 1. The van der Waals surface area contributed by atoms with Crippen molar-refractivity contribution in [2.45, 2.75) is 0 Å². The van der Waals surface area contributed by atoms with E-state index in [0.717, 1.165) is 5.13 Å². The van der Waals surface area contributed by atoms with E-state index in [9.17, 15) is 4.79 Å². The number of hydrogen-bond acceptors (Lipinski definition) is 4. The predicted molar refractivity (Wildman–Crippen MR) is 63.8 cm³/mol. The fourth-order valence-electron chi connectivity index (χ4n) is 1.17. The van der Waals surface area contributed by atoms with Crippen LogP contribution < -0.4 is 5.32 Å². The first-order valence-electron chi connectivity index (χ1n) is 4.36. The molecule has 82 valence electrons. The van der Waals surface area contributed by atoms with Gasteiger partial charge in [0.05, 0.1) is 10.6 Å². The molecule has 0 atom stereocenters. The lowest BCUT2D eigenvalue weighted by Gasteiger charge is -2.04. The van der Waals surface area contributed by atoms with Gasteiger partial charge in [-0.05, 0) is 18.2 Å². The molecule has 1 heterocycles. The Balaban J connectivity index is 2.24. The Kier molecular flexibility index (Phi) is 3.07. The first-order valence-corrected chi connectivity index (χ1v) is 5.62. The first kappa shape index (κ1) is 10.9. The van der Waals surface area contributed by atoms with Crippen molar-refractivity contribution in [3.8, 4) is 0 Å². The van der Waals surface area contributed by atoms with Gasteiger partial charge in [-0.1, -0.05) is 11.6 Å². The quantitative estimate of drug-likeness (QED) is 0.883. The summed E-state index contributed by atoms with van der Waals surface area (Å²) in [4.78, 5) is 14.8. The lowest BCUT2D eigenvalue weighted by atomic mass is 10.2. The molecule has 0 amide bonds. The smallest absolute Gasteiger partial charge is 0.337 e. The van der Waals surface area contributed by atoms with Crippen LogP contribution in [0.1, 0.15) is 10.4 Å². The molecule has 2 aromatic rings. The maximum atomic E-state index is 10.7. The van der Waals surface area contributed by atoms with Crippen LogP contribution in [0.4, 0.5) is 10.8 Å². The minimum absolute atomic E-state index is 0.0892. The monoisotopic (exact) mass is 254 g/mol. The number of hydrogen-bond donors (Lipinski definition) is 2. The predicted octanol–water partition coefficient (Wildman–Crippen LogP) is 3.24. The zero-order valence-electron chi connectivity index (χ0n) is 7.98. The van der Waals surface area contributed by atoms with Crippen LogP contribution in [0.5, 0.6) is 0 Å². The normalized spacial score (nSPS) is 10.1. The standard InChI is InChI=1S/C10H7ClN2O2S/c11-8-5-6(1-2-7(8)9(14)15)13-10-12-3-4-16-10/h1-5H,(H,12,13)(H,14,15). The molecule has 0 saturated carbocycles. The van der Waals surface area contributed by atoms with Gasteiger partial charge in [-0.15, -0.1) is 11.3 Å². The van der Waals surface area contributed by atoms with E-state index in [0.29, 0.717) is 5.69 Å². The highest BCUT2D eigenvalue weighted by Crippen LogP contribution is 2.24. The summed E-state index contributed by atoms with van der Waals surface area (Å²) in [7, 11) is 0. The number of halogens is 1.